The summed E-state index contributed by atoms with van der Waals surface area (Å²) in [5.41, 5.74) is 3.74. The Bertz CT molecular complexity index is 325. The summed E-state index contributed by atoms with van der Waals surface area (Å²) in [6.45, 7) is 3.84. The zero-order valence-corrected chi connectivity index (χ0v) is 8.43. The van der Waals surface area contributed by atoms with E-state index in [1.807, 2.05) is 19.1 Å². The zero-order valence-electron chi connectivity index (χ0n) is 6.84. The van der Waals surface area contributed by atoms with E-state index in [2.05, 4.69) is 20.1 Å². The Kier molecular flexibility index (Phi) is 1.85. The van der Waals surface area contributed by atoms with Crippen LogP contribution in [0.1, 0.15) is 16.7 Å². The van der Waals surface area contributed by atoms with E-state index < -0.39 is 0 Å². The fourth-order valence-corrected chi connectivity index (χ4v) is 2.17. The van der Waals surface area contributed by atoms with E-state index in [0.29, 0.717) is 5.75 Å². The molecule has 0 saturated heterocycles. The van der Waals surface area contributed by atoms with Gasteiger partial charge in [0.2, 0.25) is 0 Å². The van der Waals surface area contributed by atoms with E-state index in [0.717, 1.165) is 13.1 Å². The number of aryl methyl sites for hydroxylation is 1. The first-order valence-electron chi connectivity index (χ1n) is 3.89. The lowest BCUT2D eigenvalue weighted by atomic mass is 10.0. The lowest BCUT2D eigenvalue weighted by Gasteiger charge is -2.02. The van der Waals surface area contributed by atoms with Crippen LogP contribution in [0.5, 0.6) is 5.75 Å². The number of phenols is 1. The number of hydrogen-bond acceptors (Lipinski definition) is 2. The summed E-state index contributed by atoms with van der Waals surface area (Å²) in [6.07, 6.45) is 0. The van der Waals surface area contributed by atoms with Crippen molar-refractivity contribution in [1.29, 1.82) is 0 Å². The average Bonchev–Trinajstić information content (AvgIpc) is 2.29. The summed E-state index contributed by atoms with van der Waals surface area (Å²) in [5.74, 6) is 0.369. The summed E-state index contributed by atoms with van der Waals surface area (Å²) in [6, 6.07) is 3.65. The van der Waals surface area contributed by atoms with E-state index in [4.69, 9.17) is 0 Å². The Balaban J connectivity index is 2.52. The van der Waals surface area contributed by atoms with Crippen molar-refractivity contribution in [2.75, 3.05) is 0 Å². The zero-order chi connectivity index (χ0) is 8.72. The number of aromatic hydroxyl groups is 1. The van der Waals surface area contributed by atoms with E-state index in [-0.39, 0.29) is 0 Å². The van der Waals surface area contributed by atoms with E-state index in [9.17, 15) is 5.11 Å². The normalized spacial score (nSPS) is 16.5. The first kappa shape index (κ1) is 8.08. The molecule has 1 N–H and O–H groups in total. The molecule has 64 valence electrons. The maximum Gasteiger partial charge on any atom is 0.116 e. The molecule has 1 aromatic carbocycles. The van der Waals surface area contributed by atoms with Crippen LogP contribution in [0.2, 0.25) is 0 Å². The molecule has 1 aromatic rings. The smallest absolute Gasteiger partial charge is 0.116 e. The van der Waals surface area contributed by atoms with Crippen LogP contribution in [0.25, 0.3) is 0 Å². The third-order valence-electron chi connectivity index (χ3n) is 2.22. The summed E-state index contributed by atoms with van der Waals surface area (Å²) in [7, 11) is 0. The van der Waals surface area contributed by atoms with Crippen LogP contribution >= 0.6 is 16.1 Å². The highest BCUT2D eigenvalue weighted by Gasteiger charge is 2.18. The van der Waals surface area contributed by atoms with Crippen LogP contribution in [0.4, 0.5) is 0 Å². The number of hydrogen-bond donors (Lipinski definition) is 1. The molecule has 2 rings (SSSR count). The quantitative estimate of drug-likeness (QED) is 0.689. The van der Waals surface area contributed by atoms with Gasteiger partial charge in [0, 0.05) is 29.2 Å². The van der Waals surface area contributed by atoms with Gasteiger partial charge in [-0.1, -0.05) is 0 Å². The molecule has 0 amide bonds. The van der Waals surface area contributed by atoms with Crippen molar-refractivity contribution in [3.05, 3.63) is 28.8 Å². The summed E-state index contributed by atoms with van der Waals surface area (Å²) < 4.78 is 2.06. The second kappa shape index (κ2) is 2.75. The fraction of sp³-hybridized carbons (Fsp3) is 0.333. The largest absolute Gasteiger partial charge is 0.508 e. The van der Waals surface area contributed by atoms with Crippen molar-refractivity contribution in [3.8, 4) is 5.75 Å². The summed E-state index contributed by atoms with van der Waals surface area (Å²) in [4.78, 5) is 0. The first-order chi connectivity index (χ1) is 5.66. The lowest BCUT2D eigenvalue weighted by molar-refractivity contribution is 0.473. The SMILES string of the molecule is Cc1cc(O)cc2c1CN(Br)C2. The van der Waals surface area contributed by atoms with Gasteiger partial charge in [-0.2, -0.15) is 0 Å². The van der Waals surface area contributed by atoms with Crippen molar-refractivity contribution < 1.29 is 5.11 Å². The van der Waals surface area contributed by atoms with Gasteiger partial charge in [0.05, 0.1) is 0 Å². The Hall–Kier alpha value is -0.540. The third-order valence-corrected chi connectivity index (χ3v) is 2.72. The molecule has 0 saturated carbocycles. The Labute approximate surface area is 80.2 Å². The predicted molar refractivity (Wildman–Crippen MR) is 51.0 cm³/mol. The standard InChI is InChI=1S/C9H10BrNO/c1-6-2-8(12)3-7-4-11(10)5-9(6)7/h2-3,12H,4-5H2,1H3. The van der Waals surface area contributed by atoms with Crippen LogP contribution in [-0.2, 0) is 13.1 Å². The monoisotopic (exact) mass is 227 g/mol. The van der Waals surface area contributed by atoms with Gasteiger partial charge < -0.3 is 5.11 Å². The topological polar surface area (TPSA) is 23.5 Å². The van der Waals surface area contributed by atoms with Crippen LogP contribution in [0.3, 0.4) is 0 Å². The molecule has 0 aromatic heterocycles. The third kappa shape index (κ3) is 1.23. The molecule has 0 aliphatic carbocycles. The molecule has 0 fully saturated rings. The van der Waals surface area contributed by atoms with Crippen molar-refractivity contribution in [1.82, 2.24) is 3.93 Å². The molecule has 0 spiro atoms. The maximum absolute atomic E-state index is 9.33. The fourth-order valence-electron chi connectivity index (χ4n) is 1.65. The number of rotatable bonds is 0. The van der Waals surface area contributed by atoms with Gasteiger partial charge in [0.15, 0.2) is 0 Å². The molecule has 1 heterocycles. The highest BCUT2D eigenvalue weighted by molar-refractivity contribution is 9.07. The van der Waals surface area contributed by atoms with Gasteiger partial charge in [-0.15, -0.1) is 0 Å². The second-order valence-electron chi connectivity index (χ2n) is 3.18. The Morgan fingerprint density at radius 3 is 2.92 bits per heavy atom. The summed E-state index contributed by atoms with van der Waals surface area (Å²) >= 11 is 3.43. The molecule has 0 bridgehead atoms. The van der Waals surface area contributed by atoms with Gasteiger partial charge in [-0.3, -0.25) is 0 Å². The molecule has 1 aliphatic heterocycles. The lowest BCUT2D eigenvalue weighted by Crippen LogP contribution is -1.98. The van der Waals surface area contributed by atoms with Gasteiger partial charge in [0.1, 0.15) is 5.75 Å². The van der Waals surface area contributed by atoms with Gasteiger partial charge in [-0.05, 0) is 35.7 Å². The number of benzene rings is 1. The van der Waals surface area contributed by atoms with E-state index in [1.54, 1.807) is 0 Å². The molecule has 0 unspecified atom stereocenters. The molecular weight excluding hydrogens is 218 g/mol. The van der Waals surface area contributed by atoms with Crippen molar-refractivity contribution in [2.24, 2.45) is 0 Å². The van der Waals surface area contributed by atoms with Crippen molar-refractivity contribution >= 4 is 16.1 Å². The number of phenolic OH excluding ortho intramolecular Hbond substituents is 1. The van der Waals surface area contributed by atoms with Gasteiger partial charge >= 0.3 is 0 Å². The minimum Gasteiger partial charge on any atom is -0.508 e. The minimum atomic E-state index is 0.369. The number of fused-ring (bicyclic) bond motifs is 1. The number of nitrogens with zero attached hydrogens (tertiary/aromatic N) is 1. The number of halogens is 1. The van der Waals surface area contributed by atoms with Crippen LogP contribution in [0.15, 0.2) is 12.1 Å². The maximum atomic E-state index is 9.33. The van der Waals surface area contributed by atoms with Gasteiger partial charge in [0.25, 0.3) is 0 Å². The van der Waals surface area contributed by atoms with E-state index in [1.165, 1.54) is 16.7 Å². The molecular formula is C9H10BrNO. The average molecular weight is 228 g/mol. The van der Waals surface area contributed by atoms with Crippen molar-refractivity contribution in [2.45, 2.75) is 20.0 Å². The minimum absolute atomic E-state index is 0.369. The second-order valence-corrected chi connectivity index (χ2v) is 4.18. The molecule has 0 radical (unpaired) electrons. The van der Waals surface area contributed by atoms with Crippen LogP contribution in [-0.4, -0.2) is 9.03 Å². The Morgan fingerprint density at radius 2 is 2.17 bits per heavy atom. The molecule has 0 atom stereocenters. The molecule has 2 nitrogen and oxygen atoms in total. The first-order valence-corrected chi connectivity index (χ1v) is 4.60. The molecule has 12 heavy (non-hydrogen) atoms. The van der Waals surface area contributed by atoms with Crippen LogP contribution < -0.4 is 0 Å². The van der Waals surface area contributed by atoms with Crippen LogP contribution in [0, 0.1) is 6.92 Å². The molecule has 1 aliphatic rings. The summed E-state index contributed by atoms with van der Waals surface area (Å²) in [5, 5.41) is 9.33. The highest BCUT2D eigenvalue weighted by Crippen LogP contribution is 2.30. The van der Waals surface area contributed by atoms with Gasteiger partial charge in [-0.25, -0.2) is 3.93 Å². The predicted octanol–water partition coefficient (Wildman–Crippen LogP) is 2.33. The Morgan fingerprint density at radius 1 is 1.42 bits per heavy atom. The molecule has 3 heteroatoms. The van der Waals surface area contributed by atoms with E-state index >= 15 is 0 Å². The highest BCUT2D eigenvalue weighted by atomic mass is 79.9. The van der Waals surface area contributed by atoms with Crippen molar-refractivity contribution in [3.63, 3.8) is 0 Å².